The molecule has 0 aliphatic rings. The predicted octanol–water partition coefficient (Wildman–Crippen LogP) is 0.914. The maximum Gasteiger partial charge on any atom is 0.280 e. The van der Waals surface area contributed by atoms with E-state index in [0.717, 1.165) is 0 Å². The van der Waals surface area contributed by atoms with Crippen molar-refractivity contribution >= 4 is 17.4 Å². The zero-order chi connectivity index (χ0) is 12.1. The molecule has 0 saturated heterocycles. The average molecular weight is 222 g/mol. The van der Waals surface area contributed by atoms with Gasteiger partial charge in [0.15, 0.2) is 5.78 Å². The van der Waals surface area contributed by atoms with Gasteiger partial charge in [-0.2, -0.15) is 0 Å². The van der Waals surface area contributed by atoms with E-state index in [1.807, 2.05) is 0 Å². The lowest BCUT2D eigenvalue weighted by Crippen LogP contribution is -2.27. The summed E-state index contributed by atoms with van der Waals surface area (Å²) < 4.78 is 0. The highest BCUT2D eigenvalue weighted by atomic mass is 16.6. The van der Waals surface area contributed by atoms with Gasteiger partial charge >= 0.3 is 0 Å². The minimum atomic E-state index is -0.624. The summed E-state index contributed by atoms with van der Waals surface area (Å²) in [4.78, 5) is 32.2. The number of hydrogen-bond acceptors (Lipinski definition) is 4. The first-order valence-corrected chi connectivity index (χ1v) is 4.53. The Kier molecular flexibility index (Phi) is 3.71. The molecule has 1 N–H and O–H groups in total. The Hall–Kier alpha value is -2.24. The fourth-order valence-electron chi connectivity index (χ4n) is 1.17. The summed E-state index contributed by atoms with van der Waals surface area (Å²) in [6, 6.07) is 5.63. The van der Waals surface area contributed by atoms with Crippen LogP contribution in [0.15, 0.2) is 24.3 Å². The van der Waals surface area contributed by atoms with Crippen LogP contribution in [0.25, 0.3) is 0 Å². The van der Waals surface area contributed by atoms with Gasteiger partial charge in [0, 0.05) is 13.0 Å². The molecule has 1 rings (SSSR count). The van der Waals surface area contributed by atoms with E-state index in [-0.39, 0.29) is 23.7 Å². The van der Waals surface area contributed by atoms with Crippen LogP contribution in [0.2, 0.25) is 0 Å². The summed E-state index contributed by atoms with van der Waals surface area (Å²) in [5.74, 6) is -0.838. The van der Waals surface area contributed by atoms with Gasteiger partial charge in [0.05, 0.1) is 17.0 Å². The molecule has 0 saturated carbocycles. The number of benzene rings is 1. The molecule has 0 spiro atoms. The summed E-state index contributed by atoms with van der Waals surface area (Å²) in [5.41, 5.74) is -0.251. The lowest BCUT2D eigenvalue weighted by atomic mass is 10.1. The molecule has 6 heteroatoms. The van der Waals surface area contributed by atoms with Gasteiger partial charge < -0.3 is 5.32 Å². The van der Waals surface area contributed by atoms with Crippen molar-refractivity contribution in [1.82, 2.24) is 5.32 Å². The van der Waals surface area contributed by atoms with Crippen LogP contribution in [0.1, 0.15) is 17.3 Å². The Morgan fingerprint density at radius 1 is 1.38 bits per heavy atom. The number of amides is 1. The van der Waals surface area contributed by atoms with Gasteiger partial charge in [0.2, 0.25) is 5.91 Å². The van der Waals surface area contributed by atoms with E-state index < -0.39 is 10.7 Å². The summed E-state index contributed by atoms with van der Waals surface area (Å²) in [7, 11) is 0. The van der Waals surface area contributed by atoms with Crippen LogP contribution in [0.3, 0.4) is 0 Å². The highest BCUT2D eigenvalue weighted by Gasteiger charge is 2.18. The fraction of sp³-hybridized carbons (Fsp3) is 0.200. The Morgan fingerprint density at radius 3 is 2.56 bits per heavy atom. The minimum Gasteiger partial charge on any atom is -0.349 e. The molecular weight excluding hydrogens is 212 g/mol. The van der Waals surface area contributed by atoms with E-state index in [2.05, 4.69) is 5.32 Å². The molecule has 0 aliphatic carbocycles. The summed E-state index contributed by atoms with van der Waals surface area (Å²) in [5, 5.41) is 12.9. The molecule has 1 amide bonds. The maximum atomic E-state index is 11.6. The van der Waals surface area contributed by atoms with Gasteiger partial charge in [-0.05, 0) is 6.07 Å². The molecule has 0 bridgehead atoms. The van der Waals surface area contributed by atoms with E-state index in [4.69, 9.17) is 0 Å². The van der Waals surface area contributed by atoms with E-state index in [1.54, 1.807) is 0 Å². The molecule has 6 nitrogen and oxygen atoms in total. The quantitative estimate of drug-likeness (QED) is 0.466. The third kappa shape index (κ3) is 2.88. The zero-order valence-electron chi connectivity index (χ0n) is 8.60. The second-order valence-corrected chi connectivity index (χ2v) is 3.11. The fourth-order valence-corrected chi connectivity index (χ4v) is 1.17. The molecule has 0 fully saturated rings. The first kappa shape index (κ1) is 11.8. The molecule has 0 atom stereocenters. The van der Waals surface area contributed by atoms with Gasteiger partial charge in [0.25, 0.3) is 5.69 Å². The van der Waals surface area contributed by atoms with Crippen LogP contribution in [0, 0.1) is 10.1 Å². The van der Waals surface area contributed by atoms with E-state index in [1.165, 1.54) is 31.2 Å². The van der Waals surface area contributed by atoms with Crippen molar-refractivity contribution in [3.05, 3.63) is 39.9 Å². The molecule has 0 heterocycles. The van der Waals surface area contributed by atoms with E-state index in [9.17, 15) is 19.7 Å². The number of para-hydroxylation sites is 1. The largest absolute Gasteiger partial charge is 0.349 e. The SMILES string of the molecule is CC(=O)NCC(=O)c1ccccc1[N+](=O)[O-]. The lowest BCUT2D eigenvalue weighted by molar-refractivity contribution is -0.385. The number of carbonyl (C=O) groups is 2. The number of hydrogen-bond donors (Lipinski definition) is 1. The number of nitro groups is 1. The standard InChI is InChI=1S/C10H10N2O4/c1-7(13)11-6-10(14)8-4-2-3-5-9(8)12(15)16/h2-5H,6H2,1H3,(H,11,13). The van der Waals surface area contributed by atoms with Crippen molar-refractivity contribution in [2.45, 2.75) is 6.92 Å². The Labute approximate surface area is 91.4 Å². The van der Waals surface area contributed by atoms with Crippen molar-refractivity contribution in [2.75, 3.05) is 6.54 Å². The van der Waals surface area contributed by atoms with Crippen LogP contribution >= 0.6 is 0 Å². The minimum absolute atomic E-state index is 0.00116. The highest BCUT2D eigenvalue weighted by Crippen LogP contribution is 2.17. The normalized spacial score (nSPS) is 9.56. The number of nitrogens with zero attached hydrogens (tertiary/aromatic N) is 1. The van der Waals surface area contributed by atoms with Gasteiger partial charge in [-0.3, -0.25) is 19.7 Å². The van der Waals surface area contributed by atoms with Crippen LogP contribution in [0.5, 0.6) is 0 Å². The number of nitrogens with one attached hydrogen (secondary N) is 1. The molecule has 0 aliphatic heterocycles. The van der Waals surface area contributed by atoms with Crippen LogP contribution < -0.4 is 5.32 Å². The first-order valence-electron chi connectivity index (χ1n) is 4.53. The number of rotatable bonds is 4. The topological polar surface area (TPSA) is 89.3 Å². The Morgan fingerprint density at radius 2 is 2.00 bits per heavy atom. The van der Waals surface area contributed by atoms with Crippen molar-refractivity contribution in [3.63, 3.8) is 0 Å². The second-order valence-electron chi connectivity index (χ2n) is 3.11. The third-order valence-electron chi connectivity index (χ3n) is 1.90. The number of Topliss-reactive ketones (excluding diaryl/α,β-unsaturated/α-hetero) is 1. The number of ketones is 1. The second kappa shape index (κ2) is 5.01. The molecule has 0 aromatic heterocycles. The van der Waals surface area contributed by atoms with Crippen molar-refractivity contribution in [1.29, 1.82) is 0 Å². The van der Waals surface area contributed by atoms with Gasteiger partial charge in [-0.1, -0.05) is 12.1 Å². The van der Waals surface area contributed by atoms with Gasteiger partial charge in [-0.15, -0.1) is 0 Å². The van der Waals surface area contributed by atoms with Crippen molar-refractivity contribution < 1.29 is 14.5 Å². The molecule has 16 heavy (non-hydrogen) atoms. The van der Waals surface area contributed by atoms with Gasteiger partial charge in [-0.25, -0.2) is 0 Å². The summed E-state index contributed by atoms with van der Waals surface area (Å²) in [6.07, 6.45) is 0. The molecular formula is C10H10N2O4. The molecule has 1 aromatic carbocycles. The number of carbonyl (C=O) groups excluding carboxylic acids is 2. The first-order chi connectivity index (χ1) is 7.52. The highest BCUT2D eigenvalue weighted by molar-refractivity contribution is 6.02. The Bertz CT molecular complexity index is 442. The van der Waals surface area contributed by atoms with Crippen LogP contribution in [0.4, 0.5) is 5.69 Å². The summed E-state index contributed by atoms with van der Waals surface area (Å²) in [6.45, 7) is 1.03. The van der Waals surface area contributed by atoms with Gasteiger partial charge in [0.1, 0.15) is 0 Å². The molecule has 84 valence electrons. The summed E-state index contributed by atoms with van der Waals surface area (Å²) >= 11 is 0. The Balaban J connectivity index is 2.90. The van der Waals surface area contributed by atoms with E-state index >= 15 is 0 Å². The average Bonchev–Trinajstić information content (AvgIpc) is 2.25. The van der Waals surface area contributed by atoms with Crippen LogP contribution in [-0.2, 0) is 4.79 Å². The lowest BCUT2D eigenvalue weighted by Gasteiger charge is -2.02. The number of nitro benzene ring substituents is 1. The zero-order valence-corrected chi connectivity index (χ0v) is 8.60. The van der Waals surface area contributed by atoms with Crippen molar-refractivity contribution in [3.8, 4) is 0 Å². The molecule has 0 radical (unpaired) electrons. The maximum absolute atomic E-state index is 11.6. The van der Waals surface area contributed by atoms with Crippen molar-refractivity contribution in [2.24, 2.45) is 0 Å². The predicted molar refractivity (Wildman–Crippen MR) is 56.1 cm³/mol. The third-order valence-corrected chi connectivity index (χ3v) is 1.90. The monoisotopic (exact) mass is 222 g/mol. The van der Waals surface area contributed by atoms with E-state index in [0.29, 0.717) is 0 Å². The smallest absolute Gasteiger partial charge is 0.280 e. The molecule has 0 unspecified atom stereocenters. The molecule has 1 aromatic rings. The van der Waals surface area contributed by atoms with Crippen LogP contribution in [-0.4, -0.2) is 23.2 Å².